The van der Waals surface area contributed by atoms with E-state index >= 15 is 0 Å². The molecule has 0 spiro atoms. The van der Waals surface area contributed by atoms with Crippen molar-refractivity contribution in [2.75, 3.05) is 57.5 Å². The molecular weight excluding hydrogens is 418 g/mol. The van der Waals surface area contributed by atoms with Gasteiger partial charge in [-0.2, -0.15) is 5.10 Å². The van der Waals surface area contributed by atoms with Crippen molar-refractivity contribution in [3.63, 3.8) is 0 Å². The summed E-state index contributed by atoms with van der Waals surface area (Å²) in [5.41, 5.74) is 1.91. The lowest BCUT2D eigenvalue weighted by Gasteiger charge is -2.34. The van der Waals surface area contributed by atoms with E-state index < -0.39 is 9.84 Å². The van der Waals surface area contributed by atoms with Gasteiger partial charge in [0.25, 0.3) is 5.91 Å². The molecule has 0 saturated carbocycles. The second kappa shape index (κ2) is 8.54. The third-order valence-electron chi connectivity index (χ3n) is 6.18. The number of piperidine rings is 1. The van der Waals surface area contributed by atoms with Crippen molar-refractivity contribution in [1.82, 2.24) is 30.0 Å². The van der Waals surface area contributed by atoms with E-state index in [0.29, 0.717) is 43.1 Å². The van der Waals surface area contributed by atoms with E-state index in [4.69, 9.17) is 4.98 Å². The average Bonchev–Trinajstić information content (AvgIpc) is 3.18. The Morgan fingerprint density at radius 1 is 1.10 bits per heavy atom. The van der Waals surface area contributed by atoms with Crippen LogP contribution in [0.3, 0.4) is 0 Å². The quantitative estimate of drug-likeness (QED) is 0.728. The number of anilines is 1. The first-order valence-corrected chi connectivity index (χ1v) is 12.4. The van der Waals surface area contributed by atoms with Crippen LogP contribution in [0, 0.1) is 6.92 Å². The highest BCUT2D eigenvalue weighted by atomic mass is 32.2. The molecule has 0 atom stereocenters. The van der Waals surface area contributed by atoms with Crippen LogP contribution >= 0.6 is 0 Å². The van der Waals surface area contributed by atoms with Gasteiger partial charge in [-0.1, -0.05) is 0 Å². The van der Waals surface area contributed by atoms with Gasteiger partial charge in [-0.3, -0.25) is 9.89 Å². The lowest BCUT2D eigenvalue weighted by molar-refractivity contribution is 0.0710. The minimum atomic E-state index is -3.45. The van der Waals surface area contributed by atoms with Crippen LogP contribution in [0.1, 0.15) is 40.5 Å². The first-order valence-electron chi connectivity index (χ1n) is 10.5. The van der Waals surface area contributed by atoms with Crippen LogP contribution in [0.5, 0.6) is 0 Å². The molecule has 2 saturated heterocycles. The summed E-state index contributed by atoms with van der Waals surface area (Å²) < 4.78 is 24.8. The Morgan fingerprint density at radius 3 is 2.35 bits per heavy atom. The molecule has 0 radical (unpaired) electrons. The van der Waals surface area contributed by atoms with Gasteiger partial charge >= 0.3 is 0 Å². The zero-order chi connectivity index (χ0) is 22.2. The van der Waals surface area contributed by atoms with E-state index in [0.717, 1.165) is 31.9 Å². The Balaban J connectivity index is 1.54. The molecule has 168 valence electrons. The SMILES string of the molecule is Cc1[nH]ncc1C(=O)N1CCC(c2nc(N3CCN(C)CC3)ncc2S(C)(=O)=O)CC1. The Labute approximate surface area is 182 Å². The summed E-state index contributed by atoms with van der Waals surface area (Å²) in [6.45, 7) is 6.37. The van der Waals surface area contributed by atoms with Gasteiger partial charge in [0.15, 0.2) is 9.84 Å². The predicted octanol–water partition coefficient (Wildman–Crippen LogP) is 0.683. The third kappa shape index (κ3) is 4.57. The maximum Gasteiger partial charge on any atom is 0.257 e. The number of amides is 1. The highest BCUT2D eigenvalue weighted by Gasteiger charge is 2.31. The monoisotopic (exact) mass is 447 g/mol. The molecule has 11 heteroatoms. The number of aromatic amines is 1. The molecule has 2 aliphatic heterocycles. The van der Waals surface area contributed by atoms with Gasteiger partial charge in [-0.15, -0.1) is 0 Å². The molecule has 10 nitrogen and oxygen atoms in total. The summed E-state index contributed by atoms with van der Waals surface area (Å²) in [5.74, 6) is 0.505. The molecule has 2 aromatic rings. The molecule has 31 heavy (non-hydrogen) atoms. The van der Waals surface area contributed by atoms with Crippen LogP contribution in [0.25, 0.3) is 0 Å². The zero-order valence-corrected chi connectivity index (χ0v) is 19.0. The van der Waals surface area contributed by atoms with Crippen LogP contribution in [-0.4, -0.2) is 96.9 Å². The number of rotatable bonds is 4. The molecular formula is C20H29N7O3S. The number of nitrogens with one attached hydrogen (secondary N) is 1. The normalized spacial score (nSPS) is 19.1. The summed E-state index contributed by atoms with van der Waals surface area (Å²) >= 11 is 0. The maximum atomic E-state index is 12.8. The first-order chi connectivity index (χ1) is 14.7. The zero-order valence-electron chi connectivity index (χ0n) is 18.2. The summed E-state index contributed by atoms with van der Waals surface area (Å²) in [6, 6.07) is 0. The highest BCUT2D eigenvalue weighted by molar-refractivity contribution is 7.90. The molecule has 2 aromatic heterocycles. The predicted molar refractivity (Wildman–Crippen MR) is 116 cm³/mol. The Bertz CT molecular complexity index is 1050. The number of aromatic nitrogens is 4. The van der Waals surface area contributed by atoms with E-state index in [2.05, 4.69) is 32.0 Å². The fourth-order valence-electron chi connectivity index (χ4n) is 4.20. The topological polar surface area (TPSA) is 115 Å². The van der Waals surface area contributed by atoms with Crippen LogP contribution in [0.2, 0.25) is 0 Å². The summed E-state index contributed by atoms with van der Waals surface area (Å²) in [5, 5.41) is 6.73. The average molecular weight is 448 g/mol. The van der Waals surface area contributed by atoms with Gasteiger partial charge in [0.1, 0.15) is 4.90 Å². The molecule has 1 amide bonds. The largest absolute Gasteiger partial charge is 0.338 e. The van der Waals surface area contributed by atoms with Crippen molar-refractivity contribution >= 4 is 21.7 Å². The Morgan fingerprint density at radius 2 is 1.77 bits per heavy atom. The second-order valence-electron chi connectivity index (χ2n) is 8.46. The standard InChI is InChI=1S/C20H29N7O3S/c1-14-16(12-22-24-14)19(28)26-6-4-15(5-7-26)18-17(31(3,29)30)13-21-20(23-18)27-10-8-25(2)9-11-27/h12-13,15H,4-11H2,1-3H3,(H,22,24). The van der Waals surface area contributed by atoms with Crippen molar-refractivity contribution in [1.29, 1.82) is 0 Å². The number of hydrogen-bond donors (Lipinski definition) is 1. The van der Waals surface area contributed by atoms with Crippen LogP contribution in [-0.2, 0) is 9.84 Å². The molecule has 2 aliphatic rings. The fourth-order valence-corrected chi connectivity index (χ4v) is 5.04. The molecule has 4 heterocycles. The van der Waals surface area contributed by atoms with Gasteiger partial charge in [-0.25, -0.2) is 18.4 Å². The van der Waals surface area contributed by atoms with E-state index in [9.17, 15) is 13.2 Å². The van der Waals surface area contributed by atoms with Crippen molar-refractivity contribution in [2.24, 2.45) is 0 Å². The summed E-state index contributed by atoms with van der Waals surface area (Å²) in [7, 11) is -1.37. The summed E-state index contributed by atoms with van der Waals surface area (Å²) in [4.78, 5) is 28.2. The van der Waals surface area contributed by atoms with Gasteiger partial charge in [-0.05, 0) is 26.8 Å². The number of likely N-dealkylation sites (N-methyl/N-ethyl adjacent to an activating group) is 1. The van der Waals surface area contributed by atoms with Gasteiger partial charge in [0.05, 0.1) is 23.7 Å². The van der Waals surface area contributed by atoms with E-state index in [-0.39, 0.29) is 16.7 Å². The minimum absolute atomic E-state index is 0.0339. The van der Waals surface area contributed by atoms with Crippen LogP contribution < -0.4 is 4.90 Å². The number of piperazine rings is 1. The number of H-pyrrole nitrogens is 1. The number of sulfone groups is 1. The molecule has 0 unspecified atom stereocenters. The second-order valence-corrected chi connectivity index (χ2v) is 10.4. The van der Waals surface area contributed by atoms with Crippen LogP contribution in [0.4, 0.5) is 5.95 Å². The first kappa shape index (κ1) is 21.7. The molecule has 0 aromatic carbocycles. The lowest BCUT2D eigenvalue weighted by Crippen LogP contribution is -2.45. The van der Waals surface area contributed by atoms with Crippen molar-refractivity contribution in [3.05, 3.63) is 29.3 Å². The summed E-state index contributed by atoms with van der Waals surface area (Å²) in [6.07, 6.45) is 5.52. The van der Waals surface area contributed by atoms with Crippen molar-refractivity contribution < 1.29 is 13.2 Å². The number of aryl methyl sites for hydroxylation is 1. The van der Waals surface area contributed by atoms with Crippen LogP contribution in [0.15, 0.2) is 17.3 Å². The van der Waals surface area contributed by atoms with Crippen molar-refractivity contribution in [2.45, 2.75) is 30.6 Å². The van der Waals surface area contributed by atoms with E-state index in [1.807, 2.05) is 6.92 Å². The molecule has 0 aliphatic carbocycles. The van der Waals surface area contributed by atoms with Gasteiger partial charge in [0, 0.05) is 57.1 Å². The highest BCUT2D eigenvalue weighted by Crippen LogP contribution is 2.32. The number of carbonyl (C=O) groups excluding carboxylic acids is 1. The van der Waals surface area contributed by atoms with E-state index in [1.54, 1.807) is 11.1 Å². The van der Waals surface area contributed by atoms with Gasteiger partial charge in [0.2, 0.25) is 5.95 Å². The van der Waals surface area contributed by atoms with Crippen molar-refractivity contribution in [3.8, 4) is 0 Å². The maximum absolute atomic E-state index is 12.8. The molecule has 2 fully saturated rings. The lowest BCUT2D eigenvalue weighted by atomic mass is 9.93. The number of carbonyl (C=O) groups is 1. The molecule has 0 bridgehead atoms. The number of hydrogen-bond acceptors (Lipinski definition) is 8. The van der Waals surface area contributed by atoms with Gasteiger partial charge < -0.3 is 14.7 Å². The molecule has 1 N–H and O–H groups in total. The van der Waals surface area contributed by atoms with E-state index in [1.165, 1.54) is 12.5 Å². The minimum Gasteiger partial charge on any atom is -0.338 e. The smallest absolute Gasteiger partial charge is 0.257 e. The third-order valence-corrected chi connectivity index (χ3v) is 7.30. The number of nitrogens with zero attached hydrogens (tertiary/aromatic N) is 6. The number of likely N-dealkylation sites (tertiary alicyclic amines) is 1. The Kier molecular flexibility index (Phi) is 5.98. The molecule has 4 rings (SSSR count). The Hall–Kier alpha value is -2.53. The fraction of sp³-hybridized carbons (Fsp3) is 0.600.